The van der Waals surface area contributed by atoms with Crippen LogP contribution in [-0.2, 0) is 5.54 Å². The van der Waals surface area contributed by atoms with E-state index < -0.39 is 0 Å². The van der Waals surface area contributed by atoms with E-state index in [1.807, 2.05) is 0 Å². The highest BCUT2D eigenvalue weighted by atomic mass is 15.4. The first-order valence-electron chi connectivity index (χ1n) is 12.4. The summed E-state index contributed by atoms with van der Waals surface area (Å²) in [6.45, 7) is 16.4. The van der Waals surface area contributed by atoms with Gasteiger partial charge in [0.2, 0.25) is 0 Å². The van der Waals surface area contributed by atoms with Crippen LogP contribution in [0.5, 0.6) is 0 Å². The molecule has 4 heterocycles. The summed E-state index contributed by atoms with van der Waals surface area (Å²) in [5, 5.41) is 0.268. The molecule has 4 nitrogen and oxygen atoms in total. The van der Waals surface area contributed by atoms with Crippen molar-refractivity contribution in [3.05, 3.63) is 47.8 Å². The second-order valence-electron chi connectivity index (χ2n) is 10.6. The first-order chi connectivity index (χ1) is 14.9. The Kier molecular flexibility index (Phi) is 4.87. The van der Waals surface area contributed by atoms with E-state index in [9.17, 15) is 0 Å². The lowest BCUT2D eigenvalue weighted by Crippen LogP contribution is -2.80. The molecule has 2 aromatic heterocycles. The third-order valence-corrected chi connectivity index (χ3v) is 8.90. The number of hydrogen-bond acceptors (Lipinski definition) is 3. The zero-order chi connectivity index (χ0) is 22.0. The van der Waals surface area contributed by atoms with E-state index in [1.54, 1.807) is 0 Å². The van der Waals surface area contributed by atoms with Gasteiger partial charge in [0.05, 0.1) is 18.1 Å². The molecule has 31 heavy (non-hydrogen) atoms. The highest BCUT2D eigenvalue weighted by Crippen LogP contribution is 2.67. The Balaban J connectivity index is 1.64. The van der Waals surface area contributed by atoms with Crippen molar-refractivity contribution in [2.45, 2.75) is 89.9 Å². The molecule has 0 bridgehead atoms. The fourth-order valence-corrected chi connectivity index (χ4v) is 6.89. The third kappa shape index (κ3) is 2.67. The molecule has 5 heteroatoms. The SMILES string of the molecule is CCC12CCC1(CC)[n+]1cc(C(C)C)ccc1N1CCN(c3ccc(C(C)C)cn3)B12. The van der Waals surface area contributed by atoms with E-state index >= 15 is 0 Å². The number of pyridine rings is 2. The Morgan fingerprint density at radius 3 is 2.19 bits per heavy atom. The van der Waals surface area contributed by atoms with Gasteiger partial charge in [-0.3, -0.25) is 0 Å². The second-order valence-corrected chi connectivity index (χ2v) is 10.6. The van der Waals surface area contributed by atoms with Crippen LogP contribution in [0.4, 0.5) is 11.6 Å². The summed E-state index contributed by atoms with van der Waals surface area (Å²) in [7, 11) is 0. The standard InChI is InChI=1S/C26H38BN4/c1-7-25-13-14-26(25,8-2)29-18-22(20(5)6)10-12-24(29)31-16-15-30(27(25)31)23-11-9-21(17-28-23)19(3)4/h9-12,17-20H,7-8,13-16H2,1-6H3/q+1. The lowest BCUT2D eigenvalue weighted by Gasteiger charge is -2.61. The average Bonchev–Trinajstić information content (AvgIpc) is 3.19. The average molecular weight is 417 g/mol. The molecule has 5 rings (SSSR count). The van der Waals surface area contributed by atoms with Gasteiger partial charge in [-0.05, 0) is 60.8 Å². The van der Waals surface area contributed by atoms with E-state index in [1.165, 1.54) is 42.6 Å². The van der Waals surface area contributed by atoms with Crippen LogP contribution in [0.3, 0.4) is 0 Å². The topological polar surface area (TPSA) is 23.2 Å². The van der Waals surface area contributed by atoms with Crippen LogP contribution in [0.15, 0.2) is 36.7 Å². The smallest absolute Gasteiger partial charge is 0.355 e. The zero-order valence-electron chi connectivity index (χ0n) is 20.2. The van der Waals surface area contributed by atoms with E-state index in [2.05, 4.69) is 92.4 Å². The van der Waals surface area contributed by atoms with Crippen LogP contribution in [-0.4, -0.2) is 25.1 Å². The molecule has 1 saturated heterocycles. The largest absolute Gasteiger partial charge is 0.508 e. The molecule has 1 saturated carbocycles. The molecule has 2 aromatic rings. The monoisotopic (exact) mass is 417 g/mol. The number of anilines is 2. The van der Waals surface area contributed by atoms with Crippen molar-refractivity contribution in [1.82, 2.24) is 4.98 Å². The molecule has 0 radical (unpaired) electrons. The molecule has 164 valence electrons. The Labute approximate surface area is 188 Å². The van der Waals surface area contributed by atoms with E-state index in [0.29, 0.717) is 18.8 Å². The fourth-order valence-electron chi connectivity index (χ4n) is 6.89. The molecule has 2 unspecified atom stereocenters. The van der Waals surface area contributed by atoms with Crippen LogP contribution in [0.2, 0.25) is 5.31 Å². The molecule has 2 fully saturated rings. The summed E-state index contributed by atoms with van der Waals surface area (Å²) in [5.74, 6) is 3.63. The van der Waals surface area contributed by atoms with E-state index in [-0.39, 0.29) is 10.9 Å². The van der Waals surface area contributed by atoms with Crippen molar-refractivity contribution in [2.24, 2.45) is 0 Å². The maximum atomic E-state index is 4.96. The summed E-state index contributed by atoms with van der Waals surface area (Å²) < 4.78 is 2.70. The Morgan fingerprint density at radius 1 is 0.935 bits per heavy atom. The summed E-state index contributed by atoms with van der Waals surface area (Å²) in [5.41, 5.74) is 2.99. The Hall–Kier alpha value is -2.04. The van der Waals surface area contributed by atoms with Crippen LogP contribution in [0, 0.1) is 0 Å². The highest BCUT2D eigenvalue weighted by Gasteiger charge is 2.77. The summed E-state index contributed by atoms with van der Waals surface area (Å²) in [6.07, 6.45) is 9.57. The molecule has 2 aliphatic heterocycles. The molecule has 0 aromatic carbocycles. The minimum atomic E-state index is 0.212. The predicted molar refractivity (Wildman–Crippen MR) is 130 cm³/mol. The van der Waals surface area contributed by atoms with E-state index in [0.717, 1.165) is 18.9 Å². The minimum absolute atomic E-state index is 0.212. The Bertz CT molecular complexity index is 964. The molecular weight excluding hydrogens is 379 g/mol. The fraction of sp³-hybridized carbons (Fsp3) is 0.615. The van der Waals surface area contributed by atoms with Gasteiger partial charge in [-0.25, -0.2) is 9.55 Å². The summed E-state index contributed by atoms with van der Waals surface area (Å²) in [6, 6.07) is 9.30. The van der Waals surface area contributed by atoms with Crippen molar-refractivity contribution < 1.29 is 4.57 Å². The normalized spacial score (nSPS) is 26.8. The number of rotatable bonds is 5. The second kappa shape index (κ2) is 7.25. The Morgan fingerprint density at radius 2 is 1.65 bits per heavy atom. The first kappa shape index (κ1) is 20.8. The molecule has 0 N–H and O–H groups in total. The predicted octanol–water partition coefficient (Wildman–Crippen LogP) is 5.49. The lowest BCUT2D eigenvalue weighted by atomic mass is 9.30. The maximum absolute atomic E-state index is 4.96. The van der Waals surface area contributed by atoms with Crippen LogP contribution < -0.4 is 14.2 Å². The molecule has 0 amide bonds. The van der Waals surface area contributed by atoms with Gasteiger partial charge in [-0.15, -0.1) is 0 Å². The van der Waals surface area contributed by atoms with Crippen LogP contribution in [0.25, 0.3) is 0 Å². The van der Waals surface area contributed by atoms with Gasteiger partial charge in [-0.1, -0.05) is 47.6 Å². The van der Waals surface area contributed by atoms with Gasteiger partial charge < -0.3 is 9.62 Å². The van der Waals surface area contributed by atoms with Crippen molar-refractivity contribution in [2.75, 3.05) is 22.7 Å². The highest BCUT2D eigenvalue weighted by molar-refractivity contribution is 6.72. The molecule has 3 aliphatic rings. The van der Waals surface area contributed by atoms with Gasteiger partial charge >= 0.3 is 6.98 Å². The van der Waals surface area contributed by atoms with Crippen molar-refractivity contribution in [3.8, 4) is 0 Å². The molecule has 0 spiro atoms. The van der Waals surface area contributed by atoms with E-state index in [4.69, 9.17) is 4.98 Å². The van der Waals surface area contributed by atoms with Crippen molar-refractivity contribution in [1.29, 1.82) is 0 Å². The van der Waals surface area contributed by atoms with Gasteiger partial charge in [-0.2, -0.15) is 0 Å². The van der Waals surface area contributed by atoms with Gasteiger partial charge in [0.15, 0.2) is 0 Å². The number of hydrogen-bond donors (Lipinski definition) is 0. The molecule has 1 aliphatic carbocycles. The van der Waals surface area contributed by atoms with Gasteiger partial charge in [0, 0.05) is 18.8 Å². The molecule has 2 atom stereocenters. The summed E-state index contributed by atoms with van der Waals surface area (Å²) >= 11 is 0. The van der Waals surface area contributed by atoms with Gasteiger partial charge in [0.1, 0.15) is 11.4 Å². The van der Waals surface area contributed by atoms with Crippen molar-refractivity contribution >= 4 is 18.6 Å². The lowest BCUT2D eigenvalue weighted by molar-refractivity contribution is -0.776. The van der Waals surface area contributed by atoms with Crippen molar-refractivity contribution in [3.63, 3.8) is 0 Å². The number of aromatic nitrogens is 2. The van der Waals surface area contributed by atoms with Gasteiger partial charge in [0.25, 0.3) is 5.82 Å². The summed E-state index contributed by atoms with van der Waals surface area (Å²) in [4.78, 5) is 10.3. The quantitative estimate of drug-likeness (QED) is 0.475. The minimum Gasteiger partial charge on any atom is -0.355 e. The maximum Gasteiger partial charge on any atom is 0.508 e. The molecular formula is C26H38BN4+. The first-order valence-corrected chi connectivity index (χ1v) is 12.4. The number of fused-ring (bicyclic) bond motifs is 6. The zero-order valence-corrected chi connectivity index (χ0v) is 20.2. The third-order valence-electron chi connectivity index (χ3n) is 8.90. The van der Waals surface area contributed by atoms with Crippen LogP contribution in [0.1, 0.15) is 90.2 Å². The van der Waals surface area contributed by atoms with Crippen LogP contribution >= 0.6 is 0 Å². The number of nitrogens with zero attached hydrogens (tertiary/aromatic N) is 4.